The number of hydrogen-bond donors (Lipinski definition) is 1. The van der Waals surface area contributed by atoms with Gasteiger partial charge in [-0.05, 0) is 39.2 Å². The van der Waals surface area contributed by atoms with Crippen molar-refractivity contribution in [2.75, 3.05) is 28.4 Å². The van der Waals surface area contributed by atoms with E-state index in [0.29, 0.717) is 46.2 Å². The molecule has 9 heteroatoms. The zero-order valence-corrected chi connectivity index (χ0v) is 21.4. The Bertz CT molecular complexity index is 1100. The molecule has 3 atom stereocenters. The van der Waals surface area contributed by atoms with Gasteiger partial charge in [0.25, 0.3) is 0 Å². The molecule has 9 nitrogen and oxygen atoms in total. The summed E-state index contributed by atoms with van der Waals surface area (Å²) in [6.45, 7) is 7.10. The van der Waals surface area contributed by atoms with Crippen LogP contribution in [0.2, 0.25) is 0 Å². The topological polar surface area (TPSA) is 109 Å². The number of rotatable bonds is 7. The Balaban J connectivity index is 2.32. The van der Waals surface area contributed by atoms with Gasteiger partial charge in [-0.25, -0.2) is 4.79 Å². The van der Waals surface area contributed by atoms with E-state index in [1.807, 2.05) is 6.92 Å². The number of ether oxygens (including phenoxy) is 5. The highest BCUT2D eigenvalue weighted by molar-refractivity contribution is 6.12. The molecule has 1 aromatic rings. The molecule has 0 radical (unpaired) electrons. The predicted molar refractivity (Wildman–Crippen MR) is 127 cm³/mol. The number of nitrogens with one attached hydrogen (secondary N) is 1. The molecule has 1 N–H and O–H groups in total. The lowest BCUT2D eigenvalue weighted by Gasteiger charge is -2.38. The van der Waals surface area contributed by atoms with Crippen LogP contribution in [0.1, 0.15) is 45.6 Å². The summed E-state index contributed by atoms with van der Waals surface area (Å²) in [6.07, 6.45) is 0.0487. The van der Waals surface area contributed by atoms with E-state index in [1.54, 1.807) is 32.9 Å². The Labute approximate surface area is 205 Å². The van der Waals surface area contributed by atoms with Crippen LogP contribution in [0.15, 0.2) is 34.7 Å². The van der Waals surface area contributed by atoms with Crippen molar-refractivity contribution in [2.24, 2.45) is 11.8 Å². The van der Waals surface area contributed by atoms with Gasteiger partial charge in [0.1, 0.15) is 5.92 Å². The molecule has 0 aromatic heterocycles. The molecule has 1 aliphatic heterocycles. The normalized spacial score (nSPS) is 21.9. The standard InChI is InChI=1S/C26H33NO8/c1-12(2)35-26(30)19-14(4)27-16-11-13(3)18(25(29)34-8)22(28)21(16)20(19)15-9-10-17(31-5)24(33-7)23(15)32-6/h9-10,12-13,18,20,27H,11H2,1-8H3. The van der Waals surface area contributed by atoms with E-state index in [-0.39, 0.29) is 17.6 Å². The highest BCUT2D eigenvalue weighted by atomic mass is 16.5. The minimum absolute atomic E-state index is 0.259. The maximum atomic E-state index is 13.9. The van der Waals surface area contributed by atoms with Crippen molar-refractivity contribution in [2.45, 2.75) is 46.1 Å². The van der Waals surface area contributed by atoms with Gasteiger partial charge in [-0.3, -0.25) is 9.59 Å². The summed E-state index contributed by atoms with van der Waals surface area (Å²) in [5.41, 5.74) is 2.30. The molecule has 0 bridgehead atoms. The molecule has 3 rings (SSSR count). The van der Waals surface area contributed by atoms with Gasteiger partial charge in [0, 0.05) is 22.5 Å². The molecular weight excluding hydrogens is 454 g/mol. The van der Waals surface area contributed by atoms with E-state index < -0.39 is 29.6 Å². The number of ketones is 1. The van der Waals surface area contributed by atoms with E-state index in [0.717, 1.165) is 0 Å². The molecule has 0 saturated carbocycles. The highest BCUT2D eigenvalue weighted by Gasteiger charge is 2.48. The third kappa shape index (κ3) is 4.59. The Morgan fingerprint density at radius 1 is 1.03 bits per heavy atom. The summed E-state index contributed by atoms with van der Waals surface area (Å²) in [6, 6.07) is 3.42. The van der Waals surface area contributed by atoms with Crippen molar-refractivity contribution in [1.82, 2.24) is 5.32 Å². The third-order valence-corrected chi connectivity index (χ3v) is 6.35. The number of benzene rings is 1. The van der Waals surface area contributed by atoms with Crippen molar-refractivity contribution in [3.63, 3.8) is 0 Å². The lowest BCUT2D eigenvalue weighted by atomic mass is 9.69. The monoisotopic (exact) mass is 487 g/mol. The average Bonchev–Trinajstić information content (AvgIpc) is 2.81. The maximum Gasteiger partial charge on any atom is 0.337 e. The molecule has 0 amide bonds. The lowest BCUT2D eigenvalue weighted by molar-refractivity contribution is -0.151. The second-order valence-electron chi connectivity index (χ2n) is 8.91. The van der Waals surface area contributed by atoms with Crippen molar-refractivity contribution in [1.29, 1.82) is 0 Å². The minimum atomic E-state index is -0.991. The summed E-state index contributed by atoms with van der Waals surface area (Å²) >= 11 is 0. The fourth-order valence-electron chi connectivity index (χ4n) is 4.89. The molecule has 0 saturated heterocycles. The van der Waals surface area contributed by atoms with Crippen LogP contribution in [0, 0.1) is 11.8 Å². The lowest BCUT2D eigenvalue weighted by Crippen LogP contribution is -2.43. The van der Waals surface area contributed by atoms with Gasteiger partial charge in [-0.1, -0.05) is 13.0 Å². The smallest absolute Gasteiger partial charge is 0.337 e. The summed E-state index contributed by atoms with van der Waals surface area (Å²) in [5, 5.41) is 3.24. The van der Waals surface area contributed by atoms with Crippen LogP contribution in [0.3, 0.4) is 0 Å². The quantitative estimate of drug-likeness (QED) is 0.458. The number of dihydropyridines is 1. The van der Waals surface area contributed by atoms with Gasteiger partial charge < -0.3 is 29.0 Å². The Morgan fingerprint density at radius 2 is 1.69 bits per heavy atom. The molecule has 1 aliphatic carbocycles. The van der Waals surface area contributed by atoms with Gasteiger partial charge in [-0.2, -0.15) is 0 Å². The number of Topliss-reactive ketones (excluding diaryl/α,β-unsaturated/α-hetero) is 1. The second kappa shape index (κ2) is 10.4. The third-order valence-electron chi connectivity index (χ3n) is 6.35. The van der Waals surface area contributed by atoms with Gasteiger partial charge >= 0.3 is 11.9 Å². The van der Waals surface area contributed by atoms with E-state index in [2.05, 4.69) is 5.32 Å². The molecule has 0 spiro atoms. The first-order chi connectivity index (χ1) is 16.6. The van der Waals surface area contributed by atoms with Gasteiger partial charge in [0.15, 0.2) is 17.3 Å². The van der Waals surface area contributed by atoms with Crippen LogP contribution in [-0.2, 0) is 23.9 Å². The zero-order chi connectivity index (χ0) is 26.0. The molecule has 1 aromatic carbocycles. The van der Waals surface area contributed by atoms with Crippen molar-refractivity contribution >= 4 is 17.7 Å². The second-order valence-corrected chi connectivity index (χ2v) is 8.91. The van der Waals surface area contributed by atoms with Crippen LogP contribution in [0.25, 0.3) is 0 Å². The Hall–Kier alpha value is -3.49. The number of carbonyl (C=O) groups excluding carboxylic acids is 3. The molecule has 35 heavy (non-hydrogen) atoms. The zero-order valence-electron chi connectivity index (χ0n) is 21.4. The summed E-state index contributed by atoms with van der Waals surface area (Å²) < 4.78 is 27.2. The first-order valence-electron chi connectivity index (χ1n) is 11.4. The average molecular weight is 488 g/mol. The molecular formula is C26H33NO8. The fourth-order valence-corrected chi connectivity index (χ4v) is 4.89. The highest BCUT2D eigenvalue weighted by Crippen LogP contribution is 2.51. The summed E-state index contributed by atoms with van der Waals surface area (Å²) in [4.78, 5) is 39.8. The van der Waals surface area contributed by atoms with Crippen LogP contribution in [-0.4, -0.2) is 52.3 Å². The van der Waals surface area contributed by atoms with Gasteiger partial charge in [-0.15, -0.1) is 0 Å². The minimum Gasteiger partial charge on any atom is -0.493 e. The van der Waals surface area contributed by atoms with Crippen LogP contribution < -0.4 is 19.5 Å². The predicted octanol–water partition coefficient (Wildman–Crippen LogP) is 3.28. The largest absolute Gasteiger partial charge is 0.493 e. The Kier molecular flexibility index (Phi) is 7.77. The van der Waals surface area contributed by atoms with E-state index in [9.17, 15) is 14.4 Å². The molecule has 3 unspecified atom stereocenters. The molecule has 2 aliphatic rings. The number of hydrogen-bond acceptors (Lipinski definition) is 9. The van der Waals surface area contributed by atoms with Gasteiger partial charge in [0.05, 0.1) is 46.0 Å². The van der Waals surface area contributed by atoms with Crippen molar-refractivity contribution < 1.29 is 38.1 Å². The van der Waals surface area contributed by atoms with E-state index in [4.69, 9.17) is 23.7 Å². The number of allylic oxidation sites excluding steroid dienone is 3. The molecule has 190 valence electrons. The SMILES string of the molecule is COC(=O)C1C(=O)C2=C(CC1C)NC(C)=C(C(=O)OC(C)C)C2c1ccc(OC)c(OC)c1OC. The van der Waals surface area contributed by atoms with E-state index >= 15 is 0 Å². The maximum absolute atomic E-state index is 13.9. The molecule has 1 heterocycles. The number of methoxy groups -OCH3 is 4. The van der Waals surface area contributed by atoms with Crippen LogP contribution in [0.5, 0.6) is 17.2 Å². The Morgan fingerprint density at radius 3 is 2.23 bits per heavy atom. The first-order valence-corrected chi connectivity index (χ1v) is 11.4. The van der Waals surface area contributed by atoms with Crippen molar-refractivity contribution in [3.05, 3.63) is 40.2 Å². The van der Waals surface area contributed by atoms with E-state index in [1.165, 1.54) is 28.4 Å². The van der Waals surface area contributed by atoms with Crippen LogP contribution >= 0.6 is 0 Å². The van der Waals surface area contributed by atoms with Crippen molar-refractivity contribution in [3.8, 4) is 17.2 Å². The number of carbonyl (C=O) groups is 3. The number of esters is 2. The summed E-state index contributed by atoms with van der Waals surface area (Å²) in [5.74, 6) is -2.65. The van der Waals surface area contributed by atoms with Crippen LogP contribution in [0.4, 0.5) is 0 Å². The first kappa shape index (κ1) is 26.1. The fraction of sp³-hybridized carbons (Fsp3) is 0.500. The summed E-state index contributed by atoms with van der Waals surface area (Å²) in [7, 11) is 5.72. The van der Waals surface area contributed by atoms with Gasteiger partial charge in [0.2, 0.25) is 5.75 Å². The molecule has 0 fully saturated rings.